The molecular formula is C13H15N2P. The van der Waals surface area contributed by atoms with Gasteiger partial charge in [0.1, 0.15) is 5.82 Å². The molecule has 0 amide bonds. The smallest absolute Gasteiger partial charge is 0.128 e. The summed E-state index contributed by atoms with van der Waals surface area (Å²) in [6, 6.07) is 8.24. The summed E-state index contributed by atoms with van der Waals surface area (Å²) in [7, 11) is 2.75. The molecule has 0 spiro atoms. The van der Waals surface area contributed by atoms with E-state index in [9.17, 15) is 0 Å². The summed E-state index contributed by atoms with van der Waals surface area (Å²) in [4.78, 5) is 8.89. The molecule has 0 bridgehead atoms. The molecule has 1 unspecified atom stereocenters. The van der Waals surface area contributed by atoms with Gasteiger partial charge in [-0.2, -0.15) is 0 Å². The van der Waals surface area contributed by atoms with Gasteiger partial charge in [-0.3, -0.25) is 0 Å². The zero-order chi connectivity index (χ0) is 11.5. The third-order valence-corrected chi connectivity index (χ3v) is 3.06. The first-order valence-electron chi connectivity index (χ1n) is 5.39. The number of aromatic nitrogens is 2. The number of aryl methyl sites for hydroxylation is 2. The summed E-state index contributed by atoms with van der Waals surface area (Å²) in [6.07, 6.45) is 2.77. The summed E-state index contributed by atoms with van der Waals surface area (Å²) >= 11 is 0. The zero-order valence-corrected chi connectivity index (χ0v) is 10.7. The molecule has 0 aliphatic rings. The number of benzene rings is 1. The monoisotopic (exact) mass is 230 g/mol. The van der Waals surface area contributed by atoms with Crippen molar-refractivity contribution in [3.05, 3.63) is 41.9 Å². The largest absolute Gasteiger partial charge is 0.241 e. The summed E-state index contributed by atoms with van der Waals surface area (Å²) in [5.74, 6) is 0.897. The van der Waals surface area contributed by atoms with E-state index in [1.165, 1.54) is 10.9 Å². The Labute approximate surface area is 98.4 Å². The Bertz CT molecular complexity index is 509. The predicted molar refractivity (Wildman–Crippen MR) is 70.9 cm³/mol. The SMILES string of the molecule is CCc1ncc(C)c(-c2ccccc2P)n1. The van der Waals surface area contributed by atoms with E-state index >= 15 is 0 Å². The minimum absolute atomic E-state index is 0.867. The lowest BCUT2D eigenvalue weighted by molar-refractivity contribution is 0.934. The van der Waals surface area contributed by atoms with E-state index in [0.717, 1.165) is 23.5 Å². The van der Waals surface area contributed by atoms with Crippen LogP contribution in [-0.4, -0.2) is 9.97 Å². The topological polar surface area (TPSA) is 25.8 Å². The highest BCUT2D eigenvalue weighted by atomic mass is 31.0. The van der Waals surface area contributed by atoms with Gasteiger partial charge in [-0.15, -0.1) is 9.24 Å². The summed E-state index contributed by atoms with van der Waals surface area (Å²) in [6.45, 7) is 4.12. The van der Waals surface area contributed by atoms with Crippen LogP contribution in [0.1, 0.15) is 18.3 Å². The Morgan fingerprint density at radius 2 is 2.00 bits per heavy atom. The predicted octanol–water partition coefficient (Wildman–Crippen LogP) is 2.51. The molecule has 2 aromatic rings. The van der Waals surface area contributed by atoms with Crippen molar-refractivity contribution in [1.82, 2.24) is 9.97 Å². The van der Waals surface area contributed by atoms with Gasteiger partial charge in [-0.25, -0.2) is 9.97 Å². The number of rotatable bonds is 2. The molecule has 2 nitrogen and oxygen atoms in total. The quantitative estimate of drug-likeness (QED) is 0.741. The van der Waals surface area contributed by atoms with Crippen LogP contribution in [0.3, 0.4) is 0 Å². The zero-order valence-electron chi connectivity index (χ0n) is 9.57. The minimum atomic E-state index is 0.867. The van der Waals surface area contributed by atoms with Crippen LogP contribution >= 0.6 is 9.24 Å². The molecular weight excluding hydrogens is 215 g/mol. The first kappa shape index (κ1) is 11.2. The van der Waals surface area contributed by atoms with Crippen molar-refractivity contribution >= 4 is 14.5 Å². The van der Waals surface area contributed by atoms with E-state index in [1.54, 1.807) is 0 Å². The Hall–Kier alpha value is -1.27. The number of hydrogen-bond acceptors (Lipinski definition) is 2. The van der Waals surface area contributed by atoms with Crippen LogP contribution in [0, 0.1) is 6.92 Å². The second-order valence-electron chi connectivity index (χ2n) is 3.76. The molecule has 0 fully saturated rings. The minimum Gasteiger partial charge on any atom is -0.241 e. The van der Waals surface area contributed by atoms with Gasteiger partial charge in [0.05, 0.1) is 5.69 Å². The van der Waals surface area contributed by atoms with Gasteiger partial charge in [-0.1, -0.05) is 31.2 Å². The van der Waals surface area contributed by atoms with Crippen LogP contribution in [0.2, 0.25) is 0 Å². The second kappa shape index (κ2) is 4.71. The van der Waals surface area contributed by atoms with Gasteiger partial charge < -0.3 is 0 Å². The summed E-state index contributed by atoms with van der Waals surface area (Å²) < 4.78 is 0. The van der Waals surface area contributed by atoms with Gasteiger partial charge in [0.25, 0.3) is 0 Å². The summed E-state index contributed by atoms with van der Waals surface area (Å²) in [5.41, 5.74) is 3.33. The molecule has 1 aromatic heterocycles. The normalized spacial score (nSPS) is 10.4. The van der Waals surface area contributed by atoms with Crippen LogP contribution in [0.5, 0.6) is 0 Å². The fourth-order valence-corrected chi connectivity index (χ4v) is 1.98. The Kier molecular flexibility index (Phi) is 3.31. The van der Waals surface area contributed by atoms with Crippen molar-refractivity contribution < 1.29 is 0 Å². The molecule has 0 N–H and O–H groups in total. The van der Waals surface area contributed by atoms with Gasteiger partial charge in [0.2, 0.25) is 0 Å². The Morgan fingerprint density at radius 3 is 2.69 bits per heavy atom. The lowest BCUT2D eigenvalue weighted by atomic mass is 10.1. The van der Waals surface area contributed by atoms with E-state index < -0.39 is 0 Å². The van der Waals surface area contributed by atoms with Crippen LogP contribution in [-0.2, 0) is 6.42 Å². The maximum Gasteiger partial charge on any atom is 0.128 e. The maximum absolute atomic E-state index is 4.60. The fraction of sp³-hybridized carbons (Fsp3) is 0.231. The highest BCUT2D eigenvalue weighted by Gasteiger charge is 2.07. The average molecular weight is 230 g/mol. The van der Waals surface area contributed by atoms with Gasteiger partial charge in [0, 0.05) is 18.2 Å². The highest BCUT2D eigenvalue weighted by Crippen LogP contribution is 2.20. The molecule has 2 rings (SSSR count). The van der Waals surface area contributed by atoms with Crippen molar-refractivity contribution in [1.29, 1.82) is 0 Å². The molecule has 0 aliphatic carbocycles. The van der Waals surface area contributed by atoms with Crippen molar-refractivity contribution in [2.75, 3.05) is 0 Å². The van der Waals surface area contributed by atoms with E-state index in [-0.39, 0.29) is 0 Å². The van der Waals surface area contributed by atoms with Crippen molar-refractivity contribution in [2.45, 2.75) is 20.3 Å². The van der Waals surface area contributed by atoms with E-state index in [1.807, 2.05) is 25.3 Å². The van der Waals surface area contributed by atoms with Crippen molar-refractivity contribution in [3.8, 4) is 11.3 Å². The van der Waals surface area contributed by atoms with Gasteiger partial charge >= 0.3 is 0 Å². The lowest BCUT2D eigenvalue weighted by Crippen LogP contribution is -2.03. The molecule has 1 atom stereocenters. The summed E-state index contributed by atoms with van der Waals surface area (Å²) in [5, 5.41) is 1.17. The standard InChI is InChI=1S/C13H15N2P/c1-3-12-14-8-9(2)13(15-12)10-6-4-5-7-11(10)16/h4-8H,3,16H2,1-2H3. The molecule has 0 saturated carbocycles. The van der Waals surface area contributed by atoms with Crippen LogP contribution < -0.4 is 5.30 Å². The highest BCUT2D eigenvalue weighted by molar-refractivity contribution is 7.28. The van der Waals surface area contributed by atoms with Crippen molar-refractivity contribution in [3.63, 3.8) is 0 Å². The number of nitrogens with zero attached hydrogens (tertiary/aromatic N) is 2. The van der Waals surface area contributed by atoms with Crippen LogP contribution in [0.25, 0.3) is 11.3 Å². The van der Waals surface area contributed by atoms with E-state index in [4.69, 9.17) is 0 Å². The molecule has 0 saturated heterocycles. The molecule has 82 valence electrons. The van der Waals surface area contributed by atoms with Crippen molar-refractivity contribution in [2.24, 2.45) is 0 Å². The molecule has 0 aliphatic heterocycles. The average Bonchev–Trinajstić information content (AvgIpc) is 2.31. The molecule has 0 radical (unpaired) electrons. The van der Waals surface area contributed by atoms with E-state index in [2.05, 4.69) is 38.3 Å². The fourth-order valence-electron chi connectivity index (χ4n) is 1.63. The second-order valence-corrected chi connectivity index (χ2v) is 4.38. The molecule has 1 aromatic carbocycles. The molecule has 1 heterocycles. The van der Waals surface area contributed by atoms with Crippen LogP contribution in [0.15, 0.2) is 30.5 Å². The number of hydrogen-bond donors (Lipinski definition) is 0. The third-order valence-electron chi connectivity index (χ3n) is 2.55. The van der Waals surface area contributed by atoms with E-state index in [0.29, 0.717) is 0 Å². The van der Waals surface area contributed by atoms with Gasteiger partial charge in [-0.05, 0) is 17.8 Å². The Balaban J connectivity index is 2.59. The van der Waals surface area contributed by atoms with Crippen LogP contribution in [0.4, 0.5) is 0 Å². The lowest BCUT2D eigenvalue weighted by Gasteiger charge is -2.08. The Morgan fingerprint density at radius 1 is 1.25 bits per heavy atom. The molecule has 3 heteroatoms. The third kappa shape index (κ3) is 2.12. The maximum atomic E-state index is 4.60. The van der Waals surface area contributed by atoms with Gasteiger partial charge in [0.15, 0.2) is 0 Å². The first-order chi connectivity index (χ1) is 7.72. The first-order valence-corrected chi connectivity index (χ1v) is 5.97. The molecule has 16 heavy (non-hydrogen) atoms.